The highest BCUT2D eigenvalue weighted by Gasteiger charge is 2.51. The Morgan fingerprint density at radius 2 is 0.704 bits per heavy atom. The topological polar surface area (TPSA) is 3.24 Å². The Morgan fingerprint density at radius 3 is 1.34 bits per heavy atom. The fourth-order valence-corrected chi connectivity index (χ4v) is 12.8. The molecule has 0 N–H and O–H groups in total. The van der Waals surface area contributed by atoms with E-state index in [1.165, 1.54) is 94.6 Å². The third-order valence-corrected chi connectivity index (χ3v) is 15.9. The molecule has 71 heavy (non-hydrogen) atoms. The zero-order valence-electron chi connectivity index (χ0n) is 39.8. The molecule has 3 aliphatic rings. The lowest BCUT2D eigenvalue weighted by atomic mass is 9.70. The first kappa shape index (κ1) is 41.2. The van der Waals surface area contributed by atoms with Crippen molar-refractivity contribution < 1.29 is 0 Å². The highest BCUT2D eigenvalue weighted by Crippen LogP contribution is 2.63. The Morgan fingerprint density at radius 1 is 0.254 bits per heavy atom. The summed E-state index contributed by atoms with van der Waals surface area (Å²) in [6, 6.07) is 97.5. The maximum Gasteiger partial charge on any atom is 0.0725 e. The van der Waals surface area contributed by atoms with Crippen LogP contribution in [0.3, 0.4) is 0 Å². The lowest BCUT2D eigenvalue weighted by Gasteiger charge is -2.33. The molecule has 11 aromatic rings. The average Bonchev–Trinajstić information content (AvgIpc) is 3.99. The van der Waals surface area contributed by atoms with Crippen molar-refractivity contribution in [2.75, 3.05) is 4.90 Å². The van der Waals surface area contributed by atoms with Crippen molar-refractivity contribution in [1.82, 2.24) is 0 Å². The summed E-state index contributed by atoms with van der Waals surface area (Å²) < 4.78 is 0. The largest absolute Gasteiger partial charge is 0.309 e. The van der Waals surface area contributed by atoms with Crippen LogP contribution in [-0.2, 0) is 10.8 Å². The minimum Gasteiger partial charge on any atom is -0.309 e. The molecule has 0 unspecified atom stereocenters. The van der Waals surface area contributed by atoms with Crippen LogP contribution in [0.2, 0.25) is 0 Å². The Balaban J connectivity index is 1.08. The van der Waals surface area contributed by atoms with Crippen LogP contribution < -0.4 is 4.90 Å². The van der Waals surface area contributed by atoms with Gasteiger partial charge in [-0.2, -0.15) is 0 Å². The zero-order chi connectivity index (χ0) is 47.3. The van der Waals surface area contributed by atoms with E-state index in [0.717, 1.165) is 33.8 Å². The molecular weight excluding hydrogens is 855 g/mol. The normalized spacial score (nSPS) is 13.7. The minimum atomic E-state index is -0.447. The molecule has 1 nitrogen and oxygen atoms in total. The van der Waals surface area contributed by atoms with Crippen molar-refractivity contribution in [1.29, 1.82) is 0 Å². The summed E-state index contributed by atoms with van der Waals surface area (Å²) in [5.74, 6) is 0. The quantitative estimate of drug-likeness (QED) is 0.154. The van der Waals surface area contributed by atoms with Crippen LogP contribution in [0.15, 0.2) is 261 Å². The molecule has 0 bridgehead atoms. The monoisotopic (exact) mass is 903 g/mol. The van der Waals surface area contributed by atoms with E-state index in [-0.39, 0.29) is 5.41 Å². The molecule has 1 heteroatoms. The van der Waals surface area contributed by atoms with E-state index in [1.54, 1.807) is 0 Å². The van der Waals surface area contributed by atoms with Crippen molar-refractivity contribution in [3.8, 4) is 77.9 Å². The SMILES string of the molecule is CC1(C)c2ccccc2-c2cc(-c3ccc(-c4ccccc4)cc3N(c3ccc4c(c3)-c3ccccc3C43c4ccccc4-c4ccccc43)c3cccc(-c4ccccc4)c3-c3ccccc3)ccc21. The predicted octanol–water partition coefficient (Wildman–Crippen LogP) is 18.5. The van der Waals surface area contributed by atoms with Gasteiger partial charge in [0.25, 0.3) is 0 Å². The van der Waals surface area contributed by atoms with Gasteiger partial charge >= 0.3 is 0 Å². The minimum absolute atomic E-state index is 0.0998. The average molecular weight is 904 g/mol. The predicted molar refractivity (Wildman–Crippen MR) is 297 cm³/mol. The van der Waals surface area contributed by atoms with Crippen LogP contribution in [0.1, 0.15) is 47.2 Å². The molecule has 0 saturated heterocycles. The molecule has 14 rings (SSSR count). The number of hydrogen-bond donors (Lipinski definition) is 0. The molecule has 0 radical (unpaired) electrons. The molecule has 11 aromatic carbocycles. The van der Waals surface area contributed by atoms with Gasteiger partial charge in [0.15, 0.2) is 0 Å². The molecule has 0 saturated carbocycles. The third-order valence-electron chi connectivity index (χ3n) is 15.9. The second kappa shape index (κ2) is 15.9. The lowest BCUT2D eigenvalue weighted by Crippen LogP contribution is -2.25. The Hall–Kier alpha value is -8.78. The second-order valence-electron chi connectivity index (χ2n) is 19.9. The molecule has 3 aliphatic carbocycles. The van der Waals surface area contributed by atoms with Gasteiger partial charge in [-0.15, -0.1) is 0 Å². The summed E-state index contributed by atoms with van der Waals surface area (Å²) in [7, 11) is 0. The molecule has 0 aromatic heterocycles. The van der Waals surface area contributed by atoms with E-state index >= 15 is 0 Å². The number of fused-ring (bicyclic) bond motifs is 13. The van der Waals surface area contributed by atoms with Gasteiger partial charge < -0.3 is 4.90 Å². The molecule has 1 spiro atoms. The summed E-state index contributed by atoms with van der Waals surface area (Å²) >= 11 is 0. The summed E-state index contributed by atoms with van der Waals surface area (Å²) in [6.07, 6.45) is 0. The third kappa shape index (κ3) is 6.06. The van der Waals surface area contributed by atoms with E-state index in [1.807, 2.05) is 0 Å². The van der Waals surface area contributed by atoms with Gasteiger partial charge in [-0.05, 0) is 130 Å². The van der Waals surface area contributed by atoms with Crippen LogP contribution in [0.5, 0.6) is 0 Å². The highest BCUT2D eigenvalue weighted by atomic mass is 15.1. The fraction of sp³-hybridized carbons (Fsp3) is 0.0571. The fourth-order valence-electron chi connectivity index (χ4n) is 12.8. The summed E-state index contributed by atoms with van der Waals surface area (Å²) in [6.45, 7) is 4.73. The van der Waals surface area contributed by atoms with Crippen molar-refractivity contribution in [2.24, 2.45) is 0 Å². The Bertz CT molecular complexity index is 3850. The van der Waals surface area contributed by atoms with E-state index in [2.05, 4.69) is 280 Å². The van der Waals surface area contributed by atoms with Crippen LogP contribution in [-0.4, -0.2) is 0 Å². The van der Waals surface area contributed by atoms with E-state index in [0.29, 0.717) is 0 Å². The molecular formula is C70H49N. The van der Waals surface area contributed by atoms with Crippen LogP contribution in [0.25, 0.3) is 77.9 Å². The number of nitrogens with zero attached hydrogens (tertiary/aromatic N) is 1. The zero-order valence-corrected chi connectivity index (χ0v) is 39.8. The first-order valence-corrected chi connectivity index (χ1v) is 24.9. The first-order valence-electron chi connectivity index (χ1n) is 24.9. The lowest BCUT2D eigenvalue weighted by molar-refractivity contribution is 0.660. The van der Waals surface area contributed by atoms with Crippen molar-refractivity contribution in [3.63, 3.8) is 0 Å². The maximum atomic E-state index is 2.58. The number of rotatable bonds is 7. The summed E-state index contributed by atoms with van der Waals surface area (Å²) in [4.78, 5) is 2.58. The van der Waals surface area contributed by atoms with Crippen LogP contribution >= 0.6 is 0 Å². The number of anilines is 3. The summed E-state index contributed by atoms with van der Waals surface area (Å²) in [5.41, 5.74) is 28.0. The standard InChI is InChI=1S/C70H49N/c1-69(2)60-32-16-12-29-56(60)58-43-50(38-41-61(58)69)52-40-37-49(46-21-6-3-7-22-46)44-67(52)71(66-36-20-31-53(47-23-8-4-9-24-47)68(66)48-25-10-5-11-26-48)51-39-42-65-59(45-51)57-30-15-19-35-64(57)70(65)62-33-17-13-27-54(62)55-28-14-18-34-63(55)70/h3-45H,1-2H3. The van der Waals surface area contributed by atoms with E-state index in [4.69, 9.17) is 0 Å². The summed E-state index contributed by atoms with van der Waals surface area (Å²) in [5, 5.41) is 0. The van der Waals surface area contributed by atoms with Crippen molar-refractivity contribution >= 4 is 17.1 Å². The van der Waals surface area contributed by atoms with E-state index in [9.17, 15) is 0 Å². The van der Waals surface area contributed by atoms with Gasteiger partial charge in [0.1, 0.15) is 0 Å². The van der Waals surface area contributed by atoms with Crippen LogP contribution in [0, 0.1) is 0 Å². The maximum absolute atomic E-state index is 2.58. The molecule has 0 fully saturated rings. The van der Waals surface area contributed by atoms with E-state index < -0.39 is 5.41 Å². The van der Waals surface area contributed by atoms with Gasteiger partial charge in [0, 0.05) is 22.2 Å². The Kier molecular flexibility index (Phi) is 9.22. The highest BCUT2D eigenvalue weighted by molar-refractivity contribution is 6.02. The number of hydrogen-bond acceptors (Lipinski definition) is 1. The molecule has 0 amide bonds. The smallest absolute Gasteiger partial charge is 0.0725 e. The van der Waals surface area contributed by atoms with Crippen LogP contribution in [0.4, 0.5) is 17.1 Å². The molecule has 0 aliphatic heterocycles. The van der Waals surface area contributed by atoms with Gasteiger partial charge in [0.2, 0.25) is 0 Å². The second-order valence-corrected chi connectivity index (χ2v) is 19.9. The van der Waals surface area contributed by atoms with Crippen molar-refractivity contribution in [3.05, 3.63) is 294 Å². The molecule has 0 atom stereocenters. The van der Waals surface area contributed by atoms with Gasteiger partial charge in [0.05, 0.1) is 16.8 Å². The first-order chi connectivity index (χ1) is 35.0. The molecule has 334 valence electrons. The van der Waals surface area contributed by atoms with Gasteiger partial charge in [-0.1, -0.05) is 244 Å². The number of benzene rings is 11. The Labute approximate surface area is 416 Å². The van der Waals surface area contributed by atoms with Gasteiger partial charge in [-0.25, -0.2) is 0 Å². The van der Waals surface area contributed by atoms with Crippen molar-refractivity contribution in [2.45, 2.75) is 24.7 Å². The molecule has 0 heterocycles. The van der Waals surface area contributed by atoms with Gasteiger partial charge in [-0.3, -0.25) is 0 Å².